The highest BCUT2D eigenvalue weighted by Crippen LogP contribution is 2.34. The van der Waals surface area contributed by atoms with Crippen LogP contribution >= 0.6 is 0 Å². The van der Waals surface area contributed by atoms with Gasteiger partial charge in [-0.2, -0.15) is 0 Å². The molecule has 3 aromatic carbocycles. The van der Waals surface area contributed by atoms with Gasteiger partial charge in [-0.25, -0.2) is 0 Å². The maximum atomic E-state index is 10.1. The van der Waals surface area contributed by atoms with E-state index in [0.717, 1.165) is 22.1 Å². The van der Waals surface area contributed by atoms with Gasteiger partial charge in [-0.3, -0.25) is 0 Å². The molecule has 0 saturated carbocycles. The zero-order valence-electron chi connectivity index (χ0n) is 12.0. The summed E-state index contributed by atoms with van der Waals surface area (Å²) >= 11 is 0. The van der Waals surface area contributed by atoms with Crippen molar-refractivity contribution in [3.63, 3.8) is 0 Å². The normalized spacial score (nSPS) is 12.3. The lowest BCUT2D eigenvalue weighted by atomic mass is 10.1. The Bertz CT molecular complexity index is 744. The van der Waals surface area contributed by atoms with Crippen molar-refractivity contribution in [2.75, 3.05) is 0 Å². The van der Waals surface area contributed by atoms with Gasteiger partial charge in [0.25, 0.3) is 0 Å². The van der Waals surface area contributed by atoms with E-state index in [9.17, 15) is 5.11 Å². The van der Waals surface area contributed by atoms with Crippen LogP contribution in [0.2, 0.25) is 0 Å². The second-order valence-corrected chi connectivity index (χ2v) is 5.04. The number of ether oxygens (including phenoxy) is 1. The molecule has 0 spiro atoms. The topological polar surface area (TPSA) is 29.5 Å². The molecule has 106 valence electrons. The minimum atomic E-state index is -0.504. The van der Waals surface area contributed by atoms with E-state index < -0.39 is 6.10 Å². The molecule has 2 heteroatoms. The Hall–Kier alpha value is -2.32. The highest BCUT2D eigenvalue weighted by atomic mass is 16.5. The molecule has 0 amide bonds. The number of aliphatic hydroxyl groups is 1. The standard InChI is InChI=1S/C19H18O2/c1-2-17(20)16-11-5-6-12-19(16)21-18-13-7-9-14-8-3-4-10-15(14)18/h3-13,17,20H,2H2,1H3/t17-/m0/s1. The summed E-state index contributed by atoms with van der Waals surface area (Å²) in [5.41, 5.74) is 0.827. The van der Waals surface area contributed by atoms with Gasteiger partial charge in [-0.15, -0.1) is 0 Å². The monoisotopic (exact) mass is 278 g/mol. The number of rotatable bonds is 4. The van der Waals surface area contributed by atoms with Crippen LogP contribution in [0.5, 0.6) is 11.5 Å². The van der Waals surface area contributed by atoms with Crippen molar-refractivity contribution in [2.24, 2.45) is 0 Å². The van der Waals surface area contributed by atoms with E-state index in [-0.39, 0.29) is 0 Å². The summed E-state index contributed by atoms with van der Waals surface area (Å²) in [6.07, 6.45) is 0.159. The van der Waals surface area contributed by atoms with Crippen molar-refractivity contribution in [1.29, 1.82) is 0 Å². The second kappa shape index (κ2) is 5.98. The van der Waals surface area contributed by atoms with E-state index in [1.807, 2.05) is 61.5 Å². The molecular formula is C19H18O2. The number of hydrogen-bond acceptors (Lipinski definition) is 2. The van der Waals surface area contributed by atoms with Crippen LogP contribution < -0.4 is 4.74 Å². The first kappa shape index (κ1) is 13.7. The van der Waals surface area contributed by atoms with Crippen molar-refractivity contribution < 1.29 is 9.84 Å². The molecule has 0 heterocycles. The summed E-state index contributed by atoms with van der Waals surface area (Å²) in [5.74, 6) is 1.52. The predicted octanol–water partition coefficient (Wildman–Crippen LogP) is 5.08. The fourth-order valence-electron chi connectivity index (χ4n) is 2.47. The Morgan fingerprint density at radius 3 is 2.38 bits per heavy atom. The molecule has 3 rings (SSSR count). The summed E-state index contributed by atoms with van der Waals surface area (Å²) in [6, 6.07) is 21.8. The number of benzene rings is 3. The largest absolute Gasteiger partial charge is 0.456 e. The third-order valence-electron chi connectivity index (χ3n) is 3.63. The maximum Gasteiger partial charge on any atom is 0.135 e. The van der Waals surface area contributed by atoms with E-state index in [0.29, 0.717) is 12.2 Å². The molecule has 1 N–H and O–H groups in total. The van der Waals surface area contributed by atoms with E-state index >= 15 is 0 Å². The highest BCUT2D eigenvalue weighted by molar-refractivity contribution is 5.88. The summed E-state index contributed by atoms with van der Waals surface area (Å²) in [5, 5.41) is 12.3. The van der Waals surface area contributed by atoms with Crippen LogP contribution in [-0.2, 0) is 0 Å². The molecule has 2 nitrogen and oxygen atoms in total. The van der Waals surface area contributed by atoms with Crippen LogP contribution in [-0.4, -0.2) is 5.11 Å². The number of hydrogen-bond donors (Lipinski definition) is 1. The Balaban J connectivity index is 2.03. The van der Waals surface area contributed by atoms with Crippen LogP contribution in [0.1, 0.15) is 25.0 Å². The van der Waals surface area contributed by atoms with Crippen molar-refractivity contribution >= 4 is 10.8 Å². The van der Waals surface area contributed by atoms with E-state index in [1.165, 1.54) is 0 Å². The molecule has 0 fully saturated rings. The Labute approximate surface area is 124 Å². The predicted molar refractivity (Wildman–Crippen MR) is 85.7 cm³/mol. The van der Waals surface area contributed by atoms with Crippen LogP contribution in [0, 0.1) is 0 Å². The lowest BCUT2D eigenvalue weighted by Crippen LogP contribution is -1.98. The average molecular weight is 278 g/mol. The van der Waals surface area contributed by atoms with Gasteiger partial charge in [0.05, 0.1) is 6.10 Å². The summed E-state index contributed by atoms with van der Waals surface area (Å²) in [7, 11) is 0. The van der Waals surface area contributed by atoms with Gasteiger partial charge >= 0.3 is 0 Å². The Kier molecular flexibility index (Phi) is 3.89. The molecule has 0 aliphatic rings. The van der Waals surface area contributed by atoms with Crippen molar-refractivity contribution in [3.05, 3.63) is 72.3 Å². The maximum absolute atomic E-state index is 10.1. The first-order chi connectivity index (χ1) is 10.3. The van der Waals surface area contributed by atoms with Crippen LogP contribution in [0.3, 0.4) is 0 Å². The minimum Gasteiger partial charge on any atom is -0.456 e. The lowest BCUT2D eigenvalue weighted by Gasteiger charge is -2.15. The SMILES string of the molecule is CC[C@H](O)c1ccccc1Oc1cccc2ccccc12. The van der Waals surface area contributed by atoms with Gasteiger partial charge in [-0.05, 0) is 23.9 Å². The molecule has 0 aliphatic carbocycles. The fourth-order valence-corrected chi connectivity index (χ4v) is 2.47. The first-order valence-corrected chi connectivity index (χ1v) is 7.22. The van der Waals surface area contributed by atoms with Gasteiger partial charge in [0.2, 0.25) is 0 Å². The third kappa shape index (κ3) is 2.76. The summed E-state index contributed by atoms with van der Waals surface area (Å²) in [6.45, 7) is 1.96. The Morgan fingerprint density at radius 1 is 0.857 bits per heavy atom. The summed E-state index contributed by atoms with van der Waals surface area (Å²) < 4.78 is 6.09. The molecule has 0 aliphatic heterocycles. The lowest BCUT2D eigenvalue weighted by molar-refractivity contribution is 0.170. The van der Waals surface area contributed by atoms with Gasteiger partial charge in [-0.1, -0.05) is 61.5 Å². The molecule has 21 heavy (non-hydrogen) atoms. The first-order valence-electron chi connectivity index (χ1n) is 7.22. The molecule has 0 unspecified atom stereocenters. The third-order valence-corrected chi connectivity index (χ3v) is 3.63. The second-order valence-electron chi connectivity index (χ2n) is 5.04. The number of fused-ring (bicyclic) bond motifs is 1. The molecule has 1 atom stereocenters. The molecule has 0 radical (unpaired) electrons. The van der Waals surface area contributed by atoms with Crippen LogP contribution in [0.25, 0.3) is 10.8 Å². The Morgan fingerprint density at radius 2 is 1.52 bits per heavy atom. The van der Waals surface area contributed by atoms with Gasteiger partial charge in [0.15, 0.2) is 0 Å². The fraction of sp³-hybridized carbons (Fsp3) is 0.158. The van der Waals surface area contributed by atoms with Gasteiger partial charge in [0, 0.05) is 10.9 Å². The zero-order valence-corrected chi connectivity index (χ0v) is 12.0. The number of para-hydroxylation sites is 1. The highest BCUT2D eigenvalue weighted by Gasteiger charge is 2.12. The number of aliphatic hydroxyl groups excluding tert-OH is 1. The van der Waals surface area contributed by atoms with Crippen molar-refractivity contribution in [3.8, 4) is 11.5 Å². The molecule has 0 aromatic heterocycles. The molecule has 3 aromatic rings. The van der Waals surface area contributed by atoms with Gasteiger partial charge in [0.1, 0.15) is 11.5 Å². The molecular weight excluding hydrogens is 260 g/mol. The summed E-state index contributed by atoms with van der Waals surface area (Å²) in [4.78, 5) is 0. The zero-order chi connectivity index (χ0) is 14.7. The average Bonchev–Trinajstić information content (AvgIpc) is 2.55. The smallest absolute Gasteiger partial charge is 0.135 e. The van der Waals surface area contributed by atoms with Crippen molar-refractivity contribution in [1.82, 2.24) is 0 Å². The van der Waals surface area contributed by atoms with E-state index in [2.05, 4.69) is 12.1 Å². The minimum absolute atomic E-state index is 0.504. The van der Waals surface area contributed by atoms with Gasteiger partial charge < -0.3 is 9.84 Å². The van der Waals surface area contributed by atoms with E-state index in [1.54, 1.807) is 0 Å². The van der Waals surface area contributed by atoms with Crippen LogP contribution in [0.15, 0.2) is 66.7 Å². The van der Waals surface area contributed by atoms with Crippen LogP contribution in [0.4, 0.5) is 0 Å². The molecule has 0 bridgehead atoms. The molecule has 0 saturated heterocycles. The van der Waals surface area contributed by atoms with Crippen molar-refractivity contribution in [2.45, 2.75) is 19.4 Å². The quantitative estimate of drug-likeness (QED) is 0.721. The van der Waals surface area contributed by atoms with E-state index in [4.69, 9.17) is 4.74 Å².